The summed E-state index contributed by atoms with van der Waals surface area (Å²) in [5, 5.41) is 4.22. The molecule has 180 valence electrons. The lowest BCUT2D eigenvalue weighted by Gasteiger charge is -2.24. The molecule has 0 aliphatic carbocycles. The third-order valence-electron chi connectivity index (χ3n) is 3.85. The first-order chi connectivity index (χ1) is 15.0. The Kier molecular flexibility index (Phi) is 8.44. The molecule has 33 heavy (non-hydrogen) atoms. The summed E-state index contributed by atoms with van der Waals surface area (Å²) in [6.07, 6.45) is -6.11. The van der Waals surface area contributed by atoms with Crippen LogP contribution < -0.4 is 10.6 Å². The number of amides is 2. The maximum atomic E-state index is 13.7. The second kappa shape index (κ2) is 10.3. The molecule has 1 aromatic heterocycles. The van der Waals surface area contributed by atoms with Crippen LogP contribution in [0.15, 0.2) is 33.3 Å². The van der Waals surface area contributed by atoms with Crippen LogP contribution in [0.3, 0.4) is 0 Å². The van der Waals surface area contributed by atoms with E-state index in [9.17, 15) is 31.5 Å². The molecular formula is C20H18Br2F5N3O3. The maximum absolute atomic E-state index is 13.7. The van der Waals surface area contributed by atoms with Gasteiger partial charge in [0.2, 0.25) is 0 Å². The molecule has 2 N–H and O–H groups in total. The lowest BCUT2D eigenvalue weighted by molar-refractivity contribution is -0.167. The fourth-order valence-electron chi connectivity index (χ4n) is 2.64. The summed E-state index contributed by atoms with van der Waals surface area (Å²) in [4.78, 5) is 27.8. The number of benzene rings is 1. The van der Waals surface area contributed by atoms with Gasteiger partial charge in [0.25, 0.3) is 0 Å². The number of hydrogen-bond donors (Lipinski definition) is 2. The Bertz CT molecular complexity index is 1040. The van der Waals surface area contributed by atoms with E-state index in [0.717, 1.165) is 18.2 Å². The molecule has 0 saturated carbocycles. The van der Waals surface area contributed by atoms with E-state index < -0.39 is 41.5 Å². The average molecular weight is 603 g/mol. The molecule has 0 aliphatic rings. The predicted molar refractivity (Wildman–Crippen MR) is 116 cm³/mol. The van der Waals surface area contributed by atoms with E-state index >= 15 is 0 Å². The smallest absolute Gasteiger partial charge is 0.444 e. The summed E-state index contributed by atoms with van der Waals surface area (Å²) in [5.41, 5.74) is -0.868. The SMILES string of the molecule is CC(C)(C)OC(=O)NC(Cc1cc(F)cc(F)c1)c1nc(Br)c(NC(=O)C(F)(F)F)cc1Br. The Morgan fingerprint density at radius 1 is 1.06 bits per heavy atom. The van der Waals surface area contributed by atoms with Gasteiger partial charge >= 0.3 is 18.2 Å². The zero-order chi connectivity index (χ0) is 25.1. The lowest BCUT2D eigenvalue weighted by Crippen LogP contribution is -2.36. The first kappa shape index (κ1) is 27.0. The van der Waals surface area contributed by atoms with Crippen LogP contribution in [-0.4, -0.2) is 28.8 Å². The van der Waals surface area contributed by atoms with Crippen molar-refractivity contribution < 1.29 is 36.3 Å². The molecule has 1 atom stereocenters. The molecule has 1 aromatic carbocycles. The number of nitrogens with zero attached hydrogens (tertiary/aromatic N) is 1. The van der Waals surface area contributed by atoms with Gasteiger partial charge in [-0.3, -0.25) is 4.79 Å². The van der Waals surface area contributed by atoms with Crippen molar-refractivity contribution >= 4 is 49.5 Å². The molecule has 13 heteroatoms. The van der Waals surface area contributed by atoms with Gasteiger partial charge in [0.1, 0.15) is 21.8 Å². The molecule has 0 bridgehead atoms. The average Bonchev–Trinajstić information content (AvgIpc) is 2.60. The van der Waals surface area contributed by atoms with Crippen LogP contribution in [0.4, 0.5) is 32.4 Å². The molecule has 0 aliphatic heterocycles. The largest absolute Gasteiger partial charge is 0.471 e. The van der Waals surface area contributed by atoms with Crippen molar-refractivity contribution in [1.82, 2.24) is 10.3 Å². The van der Waals surface area contributed by atoms with Crippen LogP contribution in [-0.2, 0) is 16.0 Å². The highest BCUT2D eigenvalue weighted by Gasteiger charge is 2.39. The van der Waals surface area contributed by atoms with E-state index in [1.165, 1.54) is 0 Å². The number of halogens is 7. The number of anilines is 1. The number of hydrogen-bond acceptors (Lipinski definition) is 4. The molecule has 1 unspecified atom stereocenters. The second-order valence-electron chi connectivity index (χ2n) is 7.83. The van der Waals surface area contributed by atoms with Gasteiger partial charge in [-0.15, -0.1) is 0 Å². The van der Waals surface area contributed by atoms with E-state index in [4.69, 9.17) is 4.74 Å². The Labute approximate surface area is 202 Å². The van der Waals surface area contributed by atoms with Gasteiger partial charge in [-0.25, -0.2) is 18.6 Å². The van der Waals surface area contributed by atoms with Gasteiger partial charge in [-0.1, -0.05) is 0 Å². The van der Waals surface area contributed by atoms with Crippen molar-refractivity contribution in [2.45, 2.75) is 45.0 Å². The summed E-state index contributed by atoms with van der Waals surface area (Å²) in [7, 11) is 0. The summed E-state index contributed by atoms with van der Waals surface area (Å²) in [6.45, 7) is 4.89. The van der Waals surface area contributed by atoms with Crippen LogP contribution in [0.5, 0.6) is 0 Å². The van der Waals surface area contributed by atoms with Crippen molar-refractivity contribution in [3.63, 3.8) is 0 Å². The molecule has 1 heterocycles. The van der Waals surface area contributed by atoms with Crippen molar-refractivity contribution in [1.29, 1.82) is 0 Å². The van der Waals surface area contributed by atoms with Crippen molar-refractivity contribution in [3.05, 3.63) is 56.2 Å². The topological polar surface area (TPSA) is 80.3 Å². The minimum absolute atomic E-state index is 0.0995. The van der Waals surface area contributed by atoms with E-state index in [-0.39, 0.29) is 32.4 Å². The molecule has 2 aromatic rings. The Morgan fingerprint density at radius 3 is 2.15 bits per heavy atom. The van der Waals surface area contributed by atoms with Gasteiger partial charge in [0.15, 0.2) is 0 Å². The van der Waals surface area contributed by atoms with Gasteiger partial charge in [-0.2, -0.15) is 13.2 Å². The van der Waals surface area contributed by atoms with Crippen LogP contribution in [0.25, 0.3) is 0 Å². The van der Waals surface area contributed by atoms with Crippen molar-refractivity contribution in [2.24, 2.45) is 0 Å². The van der Waals surface area contributed by atoms with Crippen LogP contribution in [0, 0.1) is 11.6 Å². The highest BCUT2D eigenvalue weighted by Crippen LogP contribution is 2.33. The van der Waals surface area contributed by atoms with Crippen molar-refractivity contribution in [2.75, 3.05) is 5.32 Å². The van der Waals surface area contributed by atoms with E-state index in [0.29, 0.717) is 6.07 Å². The summed E-state index contributed by atoms with van der Waals surface area (Å²) in [6, 6.07) is 2.94. The zero-order valence-corrected chi connectivity index (χ0v) is 20.6. The third-order valence-corrected chi connectivity index (χ3v) is 5.09. The summed E-state index contributed by atoms with van der Waals surface area (Å²) < 4.78 is 70.2. The lowest BCUT2D eigenvalue weighted by atomic mass is 10.0. The normalized spacial score (nSPS) is 12.8. The standard InChI is InChI=1S/C20H18Br2F5N3O3/c1-19(2,3)33-18(32)29-13(6-9-4-10(23)7-11(24)5-9)15-12(21)8-14(16(22)30-15)28-17(31)20(25,26)27/h4-5,7-8,13H,6H2,1-3H3,(H,28,31)(H,29,32). The number of carbonyl (C=O) groups is 2. The number of rotatable bonds is 5. The highest BCUT2D eigenvalue weighted by atomic mass is 79.9. The Morgan fingerprint density at radius 2 is 1.64 bits per heavy atom. The molecule has 2 rings (SSSR count). The zero-order valence-electron chi connectivity index (χ0n) is 17.4. The third kappa shape index (κ3) is 8.22. The number of aromatic nitrogens is 1. The summed E-state index contributed by atoms with van der Waals surface area (Å²) >= 11 is 6.15. The minimum atomic E-state index is -5.12. The Hall–Kier alpha value is -2.28. The Balaban J connectivity index is 2.43. The van der Waals surface area contributed by atoms with Gasteiger partial charge in [0.05, 0.1) is 17.4 Å². The molecule has 0 fully saturated rings. The number of nitrogens with one attached hydrogen (secondary N) is 2. The minimum Gasteiger partial charge on any atom is -0.444 e. The fourth-order valence-corrected chi connectivity index (χ4v) is 3.63. The first-order valence-corrected chi connectivity index (χ1v) is 10.8. The summed E-state index contributed by atoms with van der Waals surface area (Å²) in [5.74, 6) is -3.87. The fraction of sp³-hybridized carbons (Fsp3) is 0.350. The van der Waals surface area contributed by atoms with Crippen LogP contribution in [0.2, 0.25) is 0 Å². The number of alkyl halides is 3. The molecule has 6 nitrogen and oxygen atoms in total. The maximum Gasteiger partial charge on any atom is 0.471 e. The highest BCUT2D eigenvalue weighted by molar-refractivity contribution is 9.11. The molecule has 2 amide bonds. The van der Waals surface area contributed by atoms with Gasteiger partial charge in [0, 0.05) is 10.5 Å². The number of carbonyl (C=O) groups excluding carboxylic acids is 2. The van der Waals surface area contributed by atoms with E-state index in [1.807, 2.05) is 0 Å². The number of alkyl carbamates (subject to hydrolysis) is 1. The van der Waals surface area contributed by atoms with E-state index in [1.54, 1.807) is 26.1 Å². The number of pyridine rings is 1. The van der Waals surface area contributed by atoms with Gasteiger partial charge < -0.3 is 15.4 Å². The second-order valence-corrected chi connectivity index (χ2v) is 9.43. The monoisotopic (exact) mass is 601 g/mol. The number of ether oxygens (including phenoxy) is 1. The van der Waals surface area contributed by atoms with Gasteiger partial charge in [-0.05, 0) is 82.8 Å². The predicted octanol–water partition coefficient (Wildman–Crippen LogP) is 6.19. The van der Waals surface area contributed by atoms with Crippen molar-refractivity contribution in [3.8, 4) is 0 Å². The van der Waals surface area contributed by atoms with Crippen LogP contribution >= 0.6 is 31.9 Å². The molecule has 0 radical (unpaired) electrons. The molecule has 0 saturated heterocycles. The first-order valence-electron chi connectivity index (χ1n) is 9.24. The van der Waals surface area contributed by atoms with Crippen LogP contribution in [0.1, 0.15) is 38.1 Å². The molecule has 0 spiro atoms. The molecular weight excluding hydrogens is 585 g/mol. The van der Waals surface area contributed by atoms with E-state index in [2.05, 4.69) is 42.2 Å². The quantitative estimate of drug-likeness (QED) is 0.316.